The Morgan fingerprint density at radius 1 is 1.38 bits per heavy atom. The van der Waals surface area contributed by atoms with Crippen molar-refractivity contribution < 1.29 is 9.50 Å². The average Bonchev–Trinajstić information content (AvgIpc) is 2.22. The fourth-order valence-corrected chi connectivity index (χ4v) is 1.93. The van der Waals surface area contributed by atoms with E-state index in [1.54, 1.807) is 6.07 Å². The summed E-state index contributed by atoms with van der Waals surface area (Å²) in [6.07, 6.45) is -0.694. The molecule has 0 saturated heterocycles. The van der Waals surface area contributed by atoms with Crippen molar-refractivity contribution >= 4 is 0 Å². The summed E-state index contributed by atoms with van der Waals surface area (Å²) in [5.41, 5.74) is 7.19. The number of nitrogens with two attached hydrogens (primary N) is 1. The SMILES string of the molecule is Cc1ccc(F)cc1C(O)C(CN)C(C)C. The van der Waals surface area contributed by atoms with Gasteiger partial charge in [-0.1, -0.05) is 19.9 Å². The van der Waals surface area contributed by atoms with Gasteiger partial charge in [0.2, 0.25) is 0 Å². The smallest absolute Gasteiger partial charge is 0.123 e. The predicted octanol–water partition coefficient (Wildman–Crippen LogP) is 2.40. The maximum Gasteiger partial charge on any atom is 0.123 e. The minimum absolute atomic E-state index is 0.0412. The second-order valence-electron chi connectivity index (χ2n) is 4.59. The van der Waals surface area contributed by atoms with Crippen molar-refractivity contribution in [3.63, 3.8) is 0 Å². The van der Waals surface area contributed by atoms with Crippen molar-refractivity contribution in [3.8, 4) is 0 Å². The molecule has 0 heterocycles. The fourth-order valence-electron chi connectivity index (χ4n) is 1.93. The molecule has 0 saturated carbocycles. The van der Waals surface area contributed by atoms with E-state index in [1.807, 2.05) is 20.8 Å². The Labute approximate surface area is 96.3 Å². The first-order chi connectivity index (χ1) is 7.47. The maximum absolute atomic E-state index is 13.1. The molecule has 16 heavy (non-hydrogen) atoms. The van der Waals surface area contributed by atoms with Crippen LogP contribution in [0.3, 0.4) is 0 Å². The largest absolute Gasteiger partial charge is 0.388 e. The van der Waals surface area contributed by atoms with Crippen molar-refractivity contribution in [3.05, 3.63) is 35.1 Å². The molecule has 0 bridgehead atoms. The fraction of sp³-hybridized carbons (Fsp3) is 0.538. The molecule has 0 aliphatic carbocycles. The molecule has 0 fully saturated rings. The molecule has 0 aliphatic rings. The summed E-state index contributed by atoms with van der Waals surface area (Å²) in [6, 6.07) is 4.48. The van der Waals surface area contributed by atoms with Gasteiger partial charge in [-0.2, -0.15) is 0 Å². The zero-order valence-electron chi connectivity index (χ0n) is 10.1. The molecule has 1 aromatic rings. The van der Waals surface area contributed by atoms with E-state index in [4.69, 9.17) is 5.73 Å². The topological polar surface area (TPSA) is 46.2 Å². The van der Waals surface area contributed by atoms with Gasteiger partial charge in [-0.15, -0.1) is 0 Å². The third-order valence-electron chi connectivity index (χ3n) is 3.09. The molecule has 1 rings (SSSR count). The van der Waals surface area contributed by atoms with E-state index >= 15 is 0 Å². The third kappa shape index (κ3) is 2.80. The van der Waals surface area contributed by atoms with E-state index in [0.29, 0.717) is 12.1 Å². The van der Waals surface area contributed by atoms with Crippen LogP contribution in [0.1, 0.15) is 31.1 Å². The van der Waals surface area contributed by atoms with Crippen molar-refractivity contribution in [2.45, 2.75) is 26.9 Å². The van der Waals surface area contributed by atoms with Crippen LogP contribution in [0.25, 0.3) is 0 Å². The first-order valence-electron chi connectivity index (χ1n) is 5.61. The van der Waals surface area contributed by atoms with Gasteiger partial charge in [0.15, 0.2) is 0 Å². The number of aryl methyl sites for hydroxylation is 1. The van der Waals surface area contributed by atoms with Crippen LogP contribution in [0.2, 0.25) is 0 Å². The number of hydrogen-bond donors (Lipinski definition) is 2. The van der Waals surface area contributed by atoms with Crippen molar-refractivity contribution in [2.75, 3.05) is 6.54 Å². The van der Waals surface area contributed by atoms with Gasteiger partial charge in [0.05, 0.1) is 6.10 Å². The van der Waals surface area contributed by atoms with Crippen LogP contribution in [-0.2, 0) is 0 Å². The van der Waals surface area contributed by atoms with Crippen LogP contribution in [0.15, 0.2) is 18.2 Å². The Hall–Kier alpha value is -0.930. The average molecular weight is 225 g/mol. The van der Waals surface area contributed by atoms with Gasteiger partial charge in [0.1, 0.15) is 5.82 Å². The highest BCUT2D eigenvalue weighted by atomic mass is 19.1. The van der Waals surface area contributed by atoms with Crippen molar-refractivity contribution in [1.82, 2.24) is 0 Å². The van der Waals surface area contributed by atoms with Crippen LogP contribution >= 0.6 is 0 Å². The molecule has 3 N–H and O–H groups in total. The predicted molar refractivity (Wildman–Crippen MR) is 63.5 cm³/mol. The molecule has 0 spiro atoms. The molecule has 3 heteroatoms. The molecule has 0 amide bonds. The lowest BCUT2D eigenvalue weighted by molar-refractivity contribution is 0.0853. The Morgan fingerprint density at radius 3 is 2.50 bits per heavy atom. The van der Waals surface area contributed by atoms with Crippen LogP contribution in [-0.4, -0.2) is 11.7 Å². The number of aliphatic hydroxyl groups is 1. The van der Waals surface area contributed by atoms with Gasteiger partial charge in [-0.25, -0.2) is 4.39 Å². The van der Waals surface area contributed by atoms with Crippen molar-refractivity contribution in [2.24, 2.45) is 17.6 Å². The minimum atomic E-state index is -0.694. The molecule has 0 aromatic heterocycles. The summed E-state index contributed by atoms with van der Waals surface area (Å²) in [7, 11) is 0. The lowest BCUT2D eigenvalue weighted by Crippen LogP contribution is -2.27. The van der Waals surface area contributed by atoms with Gasteiger partial charge in [-0.05, 0) is 42.6 Å². The Morgan fingerprint density at radius 2 is 2.00 bits per heavy atom. The number of halogens is 1. The van der Waals surface area contributed by atoms with Crippen LogP contribution in [0, 0.1) is 24.6 Å². The molecule has 2 unspecified atom stereocenters. The first-order valence-corrected chi connectivity index (χ1v) is 5.61. The number of rotatable bonds is 4. The summed E-state index contributed by atoms with van der Waals surface area (Å²) in [4.78, 5) is 0. The van der Waals surface area contributed by atoms with Gasteiger partial charge < -0.3 is 10.8 Å². The molecule has 0 radical (unpaired) electrons. The monoisotopic (exact) mass is 225 g/mol. The van der Waals surface area contributed by atoms with E-state index in [0.717, 1.165) is 5.56 Å². The zero-order chi connectivity index (χ0) is 12.3. The standard InChI is InChI=1S/C13H20FNO/c1-8(2)12(7-15)13(16)11-6-10(14)5-4-9(11)3/h4-6,8,12-13,16H,7,15H2,1-3H3. The van der Waals surface area contributed by atoms with E-state index < -0.39 is 6.10 Å². The summed E-state index contributed by atoms with van der Waals surface area (Å²) in [6.45, 7) is 6.28. The zero-order valence-corrected chi connectivity index (χ0v) is 10.1. The molecular formula is C13H20FNO. The van der Waals surface area contributed by atoms with Gasteiger partial charge >= 0.3 is 0 Å². The maximum atomic E-state index is 13.1. The quantitative estimate of drug-likeness (QED) is 0.826. The normalized spacial score (nSPS) is 15.2. The van der Waals surface area contributed by atoms with E-state index in [9.17, 15) is 9.50 Å². The Balaban J connectivity index is 3.02. The van der Waals surface area contributed by atoms with Crippen molar-refractivity contribution in [1.29, 1.82) is 0 Å². The van der Waals surface area contributed by atoms with E-state index in [2.05, 4.69) is 0 Å². The highest BCUT2D eigenvalue weighted by molar-refractivity contribution is 5.29. The highest BCUT2D eigenvalue weighted by Crippen LogP contribution is 2.29. The second-order valence-corrected chi connectivity index (χ2v) is 4.59. The minimum Gasteiger partial charge on any atom is -0.388 e. The molecule has 2 nitrogen and oxygen atoms in total. The van der Waals surface area contributed by atoms with Gasteiger partial charge in [-0.3, -0.25) is 0 Å². The molecule has 2 atom stereocenters. The van der Waals surface area contributed by atoms with Crippen LogP contribution in [0.4, 0.5) is 4.39 Å². The first kappa shape index (κ1) is 13.1. The van der Waals surface area contributed by atoms with Gasteiger partial charge in [0, 0.05) is 5.92 Å². The Bertz CT molecular complexity index is 352. The third-order valence-corrected chi connectivity index (χ3v) is 3.09. The summed E-state index contributed by atoms with van der Waals surface area (Å²) in [5, 5.41) is 10.2. The Kier molecular flexibility index (Phi) is 4.44. The van der Waals surface area contributed by atoms with E-state index in [-0.39, 0.29) is 17.7 Å². The summed E-state index contributed by atoms with van der Waals surface area (Å²) >= 11 is 0. The highest BCUT2D eigenvalue weighted by Gasteiger charge is 2.24. The molecule has 1 aromatic carbocycles. The summed E-state index contributed by atoms with van der Waals surface area (Å²) in [5.74, 6) is -0.0951. The lowest BCUT2D eigenvalue weighted by Gasteiger charge is -2.26. The summed E-state index contributed by atoms with van der Waals surface area (Å²) < 4.78 is 13.1. The molecular weight excluding hydrogens is 205 g/mol. The molecule has 90 valence electrons. The second kappa shape index (κ2) is 5.41. The number of hydrogen-bond acceptors (Lipinski definition) is 2. The number of aliphatic hydroxyl groups excluding tert-OH is 1. The van der Waals surface area contributed by atoms with E-state index in [1.165, 1.54) is 12.1 Å². The lowest BCUT2D eigenvalue weighted by atomic mass is 9.85. The number of benzene rings is 1. The van der Waals surface area contributed by atoms with Crippen LogP contribution in [0.5, 0.6) is 0 Å². The van der Waals surface area contributed by atoms with Gasteiger partial charge in [0.25, 0.3) is 0 Å². The van der Waals surface area contributed by atoms with Crippen LogP contribution < -0.4 is 5.73 Å². The molecule has 0 aliphatic heterocycles.